The summed E-state index contributed by atoms with van der Waals surface area (Å²) in [4.78, 5) is 2.67. The minimum Gasteiger partial charge on any atom is -0.302 e. The number of aryl methyl sites for hydroxylation is 1. The molecule has 1 aliphatic heterocycles. The second-order valence-electron chi connectivity index (χ2n) is 7.36. The predicted octanol–water partition coefficient (Wildman–Crippen LogP) is 4.06. The van der Waals surface area contributed by atoms with Gasteiger partial charge in [-0.25, -0.2) is 0 Å². The van der Waals surface area contributed by atoms with E-state index >= 15 is 0 Å². The van der Waals surface area contributed by atoms with E-state index in [1.807, 2.05) is 0 Å². The maximum atomic E-state index is 2.67. The molecule has 1 nitrogen and oxygen atoms in total. The van der Waals surface area contributed by atoms with E-state index in [9.17, 15) is 0 Å². The van der Waals surface area contributed by atoms with Crippen LogP contribution in [0.1, 0.15) is 23.6 Å². The van der Waals surface area contributed by atoms with Gasteiger partial charge in [-0.2, -0.15) is 0 Å². The topological polar surface area (TPSA) is 3.24 Å². The van der Waals surface area contributed by atoms with Crippen molar-refractivity contribution in [1.82, 2.24) is 4.90 Å². The fraction of sp³-hybridized carbons (Fsp3) is 0.429. The number of fused-ring (bicyclic) bond motifs is 1. The van der Waals surface area contributed by atoms with Crippen LogP contribution in [0, 0.1) is 18.8 Å². The second-order valence-corrected chi connectivity index (χ2v) is 7.36. The number of hydrogen-bond donors (Lipinski definition) is 0. The number of nitrogens with zero attached hydrogens (tertiary/aromatic N) is 1. The minimum absolute atomic E-state index is 0.440. The lowest BCUT2D eigenvalue weighted by molar-refractivity contribution is 0.281. The van der Waals surface area contributed by atoms with Gasteiger partial charge in [-0.3, -0.25) is 0 Å². The first kappa shape index (κ1) is 14.0. The summed E-state index contributed by atoms with van der Waals surface area (Å²) in [6.45, 7) is 8.45. The molecule has 0 N–H and O–H groups in total. The van der Waals surface area contributed by atoms with Gasteiger partial charge in [0.2, 0.25) is 0 Å². The number of piperidine rings is 1. The first-order valence-electron chi connectivity index (χ1n) is 8.51. The highest BCUT2D eigenvalue weighted by molar-refractivity contribution is 5.39. The molecule has 2 aromatic rings. The molecule has 2 unspecified atom stereocenters. The Balaban J connectivity index is 1.37. The SMILES string of the molecule is Cc1cccc(C2(C)C3CN(CCc4ccccc4)CC32)c1. The molecule has 0 radical (unpaired) electrons. The van der Waals surface area contributed by atoms with E-state index in [2.05, 4.69) is 73.3 Å². The van der Waals surface area contributed by atoms with Crippen LogP contribution in [0.2, 0.25) is 0 Å². The highest BCUT2D eigenvalue weighted by Crippen LogP contribution is 2.63. The quantitative estimate of drug-likeness (QED) is 0.821. The summed E-state index contributed by atoms with van der Waals surface area (Å²) >= 11 is 0. The maximum Gasteiger partial charge on any atom is 0.00221 e. The van der Waals surface area contributed by atoms with Crippen molar-refractivity contribution >= 4 is 0 Å². The first-order chi connectivity index (χ1) is 10.7. The first-order valence-corrected chi connectivity index (χ1v) is 8.51. The van der Waals surface area contributed by atoms with Crippen LogP contribution in [0.5, 0.6) is 0 Å². The molecule has 2 fully saturated rings. The predicted molar refractivity (Wildman–Crippen MR) is 92.1 cm³/mol. The third-order valence-electron chi connectivity index (χ3n) is 6.03. The minimum atomic E-state index is 0.440. The van der Waals surface area contributed by atoms with Gasteiger partial charge in [0, 0.05) is 25.0 Å². The Morgan fingerprint density at radius 3 is 2.41 bits per heavy atom. The smallest absolute Gasteiger partial charge is 0.00221 e. The summed E-state index contributed by atoms with van der Waals surface area (Å²) in [5.41, 5.74) is 4.86. The van der Waals surface area contributed by atoms with E-state index < -0.39 is 0 Å². The van der Waals surface area contributed by atoms with E-state index in [0.717, 1.165) is 11.8 Å². The molecule has 2 atom stereocenters. The zero-order chi connectivity index (χ0) is 15.2. The summed E-state index contributed by atoms with van der Waals surface area (Å²) in [5.74, 6) is 1.73. The monoisotopic (exact) mass is 291 g/mol. The normalized spacial score (nSPS) is 30.3. The molecule has 0 amide bonds. The van der Waals surface area contributed by atoms with Gasteiger partial charge in [-0.1, -0.05) is 67.1 Å². The van der Waals surface area contributed by atoms with Crippen molar-refractivity contribution in [2.75, 3.05) is 19.6 Å². The number of likely N-dealkylation sites (tertiary alicyclic amines) is 1. The van der Waals surface area contributed by atoms with Gasteiger partial charge < -0.3 is 4.90 Å². The molecular weight excluding hydrogens is 266 g/mol. The largest absolute Gasteiger partial charge is 0.302 e. The Hall–Kier alpha value is -1.60. The Morgan fingerprint density at radius 2 is 1.73 bits per heavy atom. The highest BCUT2D eigenvalue weighted by Gasteiger charge is 2.65. The summed E-state index contributed by atoms with van der Waals surface area (Å²) in [7, 11) is 0. The fourth-order valence-electron chi connectivity index (χ4n) is 4.49. The highest BCUT2D eigenvalue weighted by atomic mass is 15.2. The average Bonchev–Trinajstić information content (AvgIpc) is 2.91. The zero-order valence-corrected chi connectivity index (χ0v) is 13.6. The molecule has 2 aromatic carbocycles. The van der Waals surface area contributed by atoms with Crippen molar-refractivity contribution < 1.29 is 0 Å². The Kier molecular flexibility index (Phi) is 3.34. The fourth-order valence-corrected chi connectivity index (χ4v) is 4.49. The van der Waals surface area contributed by atoms with Crippen LogP contribution < -0.4 is 0 Å². The van der Waals surface area contributed by atoms with E-state index in [-0.39, 0.29) is 0 Å². The Bertz CT molecular complexity index is 649. The van der Waals surface area contributed by atoms with Gasteiger partial charge in [-0.05, 0) is 36.3 Å². The van der Waals surface area contributed by atoms with E-state index in [1.54, 1.807) is 5.56 Å². The number of rotatable bonds is 4. The standard InChI is InChI=1S/C21H25N/c1-16-7-6-10-18(13-16)21(2)19-14-22(15-20(19)21)12-11-17-8-4-3-5-9-17/h3-10,13,19-20H,11-12,14-15H2,1-2H3. The third kappa shape index (κ3) is 2.28. The van der Waals surface area contributed by atoms with Crippen LogP contribution in [0.25, 0.3) is 0 Å². The lowest BCUT2D eigenvalue weighted by atomic mass is 9.91. The van der Waals surface area contributed by atoms with Crippen molar-refractivity contribution in [3.63, 3.8) is 0 Å². The van der Waals surface area contributed by atoms with Crippen LogP contribution in [-0.4, -0.2) is 24.5 Å². The summed E-state index contributed by atoms with van der Waals surface area (Å²) < 4.78 is 0. The molecule has 114 valence electrons. The number of benzene rings is 2. The van der Waals surface area contributed by atoms with Gasteiger partial charge in [0.05, 0.1) is 0 Å². The van der Waals surface area contributed by atoms with Crippen LogP contribution in [0.15, 0.2) is 54.6 Å². The molecule has 2 aliphatic rings. The molecule has 1 saturated heterocycles. The van der Waals surface area contributed by atoms with Crippen LogP contribution in [0.4, 0.5) is 0 Å². The molecule has 4 rings (SSSR count). The molecule has 0 aromatic heterocycles. The Labute approximate surface area is 134 Å². The van der Waals surface area contributed by atoms with E-state index in [1.165, 1.54) is 37.2 Å². The molecular formula is C21H25N. The molecule has 1 aliphatic carbocycles. The van der Waals surface area contributed by atoms with E-state index in [4.69, 9.17) is 0 Å². The zero-order valence-electron chi connectivity index (χ0n) is 13.6. The maximum absolute atomic E-state index is 2.67. The molecule has 22 heavy (non-hydrogen) atoms. The van der Waals surface area contributed by atoms with Gasteiger partial charge in [0.25, 0.3) is 0 Å². The summed E-state index contributed by atoms with van der Waals surface area (Å²) in [6.07, 6.45) is 1.18. The third-order valence-corrected chi connectivity index (χ3v) is 6.03. The van der Waals surface area contributed by atoms with Gasteiger partial charge >= 0.3 is 0 Å². The molecule has 1 heterocycles. The van der Waals surface area contributed by atoms with Crippen LogP contribution in [0.3, 0.4) is 0 Å². The summed E-state index contributed by atoms with van der Waals surface area (Å²) in [6, 6.07) is 20.0. The van der Waals surface area contributed by atoms with Crippen molar-refractivity contribution in [3.8, 4) is 0 Å². The molecule has 0 spiro atoms. The molecule has 1 saturated carbocycles. The second kappa shape index (κ2) is 5.24. The van der Waals surface area contributed by atoms with Gasteiger partial charge in [0.1, 0.15) is 0 Å². The molecule has 0 bridgehead atoms. The average molecular weight is 291 g/mol. The van der Waals surface area contributed by atoms with Gasteiger partial charge in [0.15, 0.2) is 0 Å². The van der Waals surface area contributed by atoms with Crippen molar-refractivity contribution in [2.24, 2.45) is 11.8 Å². The van der Waals surface area contributed by atoms with Crippen LogP contribution in [-0.2, 0) is 11.8 Å². The Morgan fingerprint density at radius 1 is 1.00 bits per heavy atom. The lowest BCUT2D eigenvalue weighted by Crippen LogP contribution is -2.30. The van der Waals surface area contributed by atoms with E-state index in [0.29, 0.717) is 5.41 Å². The van der Waals surface area contributed by atoms with Crippen molar-refractivity contribution in [3.05, 3.63) is 71.3 Å². The number of hydrogen-bond acceptors (Lipinski definition) is 1. The van der Waals surface area contributed by atoms with Crippen molar-refractivity contribution in [1.29, 1.82) is 0 Å². The van der Waals surface area contributed by atoms with Gasteiger partial charge in [-0.15, -0.1) is 0 Å². The molecule has 1 heteroatoms. The van der Waals surface area contributed by atoms with Crippen molar-refractivity contribution in [2.45, 2.75) is 25.7 Å². The summed E-state index contributed by atoms with van der Waals surface area (Å²) in [5, 5.41) is 0. The lowest BCUT2D eigenvalue weighted by Gasteiger charge is -2.24. The van der Waals surface area contributed by atoms with Crippen LogP contribution >= 0.6 is 0 Å².